The lowest BCUT2D eigenvalue weighted by Gasteiger charge is -2.12. The van der Waals surface area contributed by atoms with E-state index in [0.717, 1.165) is 29.8 Å². The summed E-state index contributed by atoms with van der Waals surface area (Å²) in [6, 6.07) is 14.1. The normalized spacial score (nSPS) is 9.13. The van der Waals surface area contributed by atoms with E-state index < -0.39 is 11.9 Å². The number of ether oxygens (including phenoxy) is 6. The van der Waals surface area contributed by atoms with Gasteiger partial charge in [0.05, 0.1) is 28.4 Å². The highest BCUT2D eigenvalue weighted by Gasteiger charge is 2.14. The zero-order valence-corrected chi connectivity index (χ0v) is 36.7. The van der Waals surface area contributed by atoms with Gasteiger partial charge in [0.2, 0.25) is 0 Å². The summed E-state index contributed by atoms with van der Waals surface area (Å²) in [5.41, 5.74) is 5.38. The lowest BCUT2D eigenvalue weighted by atomic mass is 10.0. The highest BCUT2D eigenvalue weighted by atomic mass is 16.6. The van der Waals surface area contributed by atoms with Gasteiger partial charge in [-0.2, -0.15) is 0 Å². The standard InChI is InChI=1S/C33H32O8.2C4H6O.C4H8.C3H4O.CH2O/c1-8-32(34)40-29-20-24(13-9-23-12-16-27(37-5)31(18-23)41-33(35)21(2)3)28(38-6)19-25(29)14-10-22-11-15-26(36-4)30(17-22)39-7;2*1-4(2)3-5;1-4(2)3;1-2-3-4;1-2/h8-20H,1-2H2,3-7H3;2*3H,1H2,2H3;1H2,2-3H3;2-3H,1H2;1H2/b13-9+,14-10+;;;;;. The monoisotopic (exact) mass is 838 g/mol. The van der Waals surface area contributed by atoms with Crippen LogP contribution in [-0.2, 0) is 28.8 Å². The van der Waals surface area contributed by atoms with Gasteiger partial charge in [-0.3, -0.25) is 14.4 Å². The predicted octanol–water partition coefficient (Wildman–Crippen LogP) is 9.93. The molecular weight excluding hydrogens is 781 g/mol. The molecular formula is C49H58O12. The Hall–Kier alpha value is -7.60. The van der Waals surface area contributed by atoms with Crippen molar-refractivity contribution in [2.24, 2.45) is 0 Å². The van der Waals surface area contributed by atoms with Gasteiger partial charge in [0.1, 0.15) is 37.1 Å². The molecule has 0 spiro atoms. The van der Waals surface area contributed by atoms with Crippen LogP contribution in [0, 0.1) is 0 Å². The number of allylic oxidation sites excluding steroid dienone is 4. The molecule has 12 nitrogen and oxygen atoms in total. The Morgan fingerprint density at radius 1 is 0.525 bits per heavy atom. The second kappa shape index (κ2) is 34.4. The summed E-state index contributed by atoms with van der Waals surface area (Å²) in [6.07, 6.45) is 11.6. The third kappa shape index (κ3) is 26.1. The van der Waals surface area contributed by atoms with E-state index in [1.54, 1.807) is 96.7 Å². The van der Waals surface area contributed by atoms with Crippen molar-refractivity contribution < 1.29 is 57.2 Å². The van der Waals surface area contributed by atoms with Gasteiger partial charge in [-0.25, -0.2) is 9.59 Å². The summed E-state index contributed by atoms with van der Waals surface area (Å²) in [5, 5.41) is 0. The van der Waals surface area contributed by atoms with Gasteiger partial charge in [0.25, 0.3) is 0 Å². The van der Waals surface area contributed by atoms with E-state index in [1.807, 2.05) is 38.8 Å². The molecule has 0 unspecified atom stereocenters. The van der Waals surface area contributed by atoms with E-state index in [2.05, 4.69) is 39.5 Å². The van der Waals surface area contributed by atoms with Crippen LogP contribution in [0.15, 0.2) is 122 Å². The summed E-state index contributed by atoms with van der Waals surface area (Å²) >= 11 is 0. The Kier molecular flexibility index (Phi) is 32.6. The molecule has 0 saturated heterocycles. The van der Waals surface area contributed by atoms with Crippen molar-refractivity contribution >= 4 is 61.9 Å². The van der Waals surface area contributed by atoms with Crippen molar-refractivity contribution in [3.05, 3.63) is 145 Å². The lowest BCUT2D eigenvalue weighted by molar-refractivity contribution is -0.130. The highest BCUT2D eigenvalue weighted by molar-refractivity contribution is 5.89. The van der Waals surface area contributed by atoms with E-state index in [-0.39, 0.29) is 11.3 Å². The van der Waals surface area contributed by atoms with Crippen LogP contribution < -0.4 is 28.4 Å². The highest BCUT2D eigenvalue weighted by Crippen LogP contribution is 2.34. The average molecular weight is 839 g/mol. The van der Waals surface area contributed by atoms with Gasteiger partial charge >= 0.3 is 11.9 Å². The smallest absolute Gasteiger partial charge is 0.338 e. The minimum atomic E-state index is -0.606. The Morgan fingerprint density at radius 3 is 1.23 bits per heavy atom. The number of benzene rings is 3. The Morgan fingerprint density at radius 2 is 0.885 bits per heavy atom. The van der Waals surface area contributed by atoms with Crippen LogP contribution in [0.3, 0.4) is 0 Å². The van der Waals surface area contributed by atoms with Crippen LogP contribution in [0.5, 0.6) is 34.5 Å². The van der Waals surface area contributed by atoms with Gasteiger partial charge in [-0.05, 0) is 99.4 Å². The minimum Gasteiger partial charge on any atom is -0.496 e. The second-order valence-corrected chi connectivity index (χ2v) is 12.1. The summed E-state index contributed by atoms with van der Waals surface area (Å²) in [4.78, 5) is 60.1. The number of esters is 2. The fraction of sp³-hybridized carbons (Fsp3) is 0.184. The van der Waals surface area contributed by atoms with Gasteiger partial charge in [-0.15, -0.1) is 6.58 Å². The van der Waals surface area contributed by atoms with Crippen LogP contribution in [0.25, 0.3) is 24.3 Å². The minimum absolute atomic E-state index is 0.255. The maximum Gasteiger partial charge on any atom is 0.338 e. The number of rotatable bonds is 15. The first kappa shape index (κ1) is 57.7. The number of hydrogen-bond acceptors (Lipinski definition) is 12. The number of methoxy groups -OCH3 is 4. The van der Waals surface area contributed by atoms with Crippen LogP contribution >= 0.6 is 0 Å². The van der Waals surface area contributed by atoms with Crippen molar-refractivity contribution in [3.8, 4) is 34.5 Å². The molecule has 12 heteroatoms. The van der Waals surface area contributed by atoms with Crippen molar-refractivity contribution in [3.63, 3.8) is 0 Å². The van der Waals surface area contributed by atoms with Crippen LogP contribution in [-0.4, -0.2) is 66.0 Å². The lowest BCUT2D eigenvalue weighted by Crippen LogP contribution is -2.09. The zero-order valence-electron chi connectivity index (χ0n) is 36.7. The molecule has 3 aromatic rings. The fourth-order valence-corrected chi connectivity index (χ4v) is 3.66. The van der Waals surface area contributed by atoms with E-state index in [4.69, 9.17) is 38.0 Å². The molecule has 0 bridgehead atoms. The Bertz CT molecular complexity index is 2000. The molecule has 0 aromatic heterocycles. The van der Waals surface area contributed by atoms with Crippen molar-refractivity contribution in [2.75, 3.05) is 28.4 Å². The third-order valence-electron chi connectivity index (χ3n) is 6.30. The second-order valence-electron chi connectivity index (χ2n) is 12.1. The molecule has 0 aliphatic rings. The molecule has 3 aromatic carbocycles. The molecule has 0 amide bonds. The largest absolute Gasteiger partial charge is 0.496 e. The molecule has 0 N–H and O–H groups in total. The van der Waals surface area contributed by atoms with Gasteiger partial charge in [0, 0.05) is 22.8 Å². The summed E-state index contributed by atoms with van der Waals surface area (Å²) < 4.78 is 32.6. The van der Waals surface area contributed by atoms with Crippen LogP contribution in [0.2, 0.25) is 0 Å². The predicted molar refractivity (Wildman–Crippen MR) is 245 cm³/mol. The van der Waals surface area contributed by atoms with E-state index >= 15 is 0 Å². The van der Waals surface area contributed by atoms with E-state index in [1.165, 1.54) is 18.8 Å². The van der Waals surface area contributed by atoms with Crippen LogP contribution in [0.4, 0.5) is 0 Å². The van der Waals surface area contributed by atoms with Crippen molar-refractivity contribution in [1.29, 1.82) is 0 Å². The van der Waals surface area contributed by atoms with Crippen molar-refractivity contribution in [1.82, 2.24) is 0 Å². The first-order valence-electron chi connectivity index (χ1n) is 17.8. The molecule has 61 heavy (non-hydrogen) atoms. The third-order valence-corrected chi connectivity index (χ3v) is 6.30. The summed E-state index contributed by atoms with van der Waals surface area (Å²) in [7, 11) is 6.17. The van der Waals surface area contributed by atoms with E-state index in [9.17, 15) is 19.2 Å². The van der Waals surface area contributed by atoms with Crippen molar-refractivity contribution in [2.45, 2.75) is 34.6 Å². The average Bonchev–Trinajstić information content (AvgIpc) is 3.25. The summed E-state index contributed by atoms with van der Waals surface area (Å²) in [5.74, 6) is 1.53. The van der Waals surface area contributed by atoms with E-state index in [0.29, 0.717) is 57.3 Å². The maximum atomic E-state index is 12.1. The summed E-state index contributed by atoms with van der Waals surface area (Å²) in [6.45, 7) is 31.2. The molecule has 0 aliphatic heterocycles. The number of hydrogen-bond donors (Lipinski definition) is 0. The molecule has 0 fully saturated rings. The Balaban J connectivity index is -0.00000140. The molecule has 3 rings (SSSR count). The first-order valence-corrected chi connectivity index (χ1v) is 17.8. The molecule has 0 atom stereocenters. The van der Waals surface area contributed by atoms with Crippen LogP contribution in [0.1, 0.15) is 56.9 Å². The molecule has 0 heterocycles. The van der Waals surface area contributed by atoms with Gasteiger partial charge in [0.15, 0.2) is 23.0 Å². The van der Waals surface area contributed by atoms with Gasteiger partial charge < -0.3 is 33.2 Å². The number of carbonyl (C=O) groups is 6. The molecule has 0 aliphatic carbocycles. The maximum absolute atomic E-state index is 12.1. The SMILES string of the molecule is C=C(C)C.C=C(C)C=O.C=C(C)C=O.C=CC(=O)Oc1cc(/C=C/c2ccc(OC)c(OC(=O)C(=C)C)c2)c(OC)cc1/C=C/c1ccc(OC)c(OC)c1.C=CC=O.C=O. The number of aldehydes is 3. The Labute approximate surface area is 360 Å². The number of carbonyl (C=O) groups excluding carboxylic acids is 6. The zero-order chi connectivity index (χ0) is 47.5. The molecule has 326 valence electrons. The van der Waals surface area contributed by atoms with Gasteiger partial charge in [-0.1, -0.05) is 74.9 Å². The topological polar surface area (TPSA) is 158 Å². The fourth-order valence-electron chi connectivity index (χ4n) is 3.66. The quantitative estimate of drug-likeness (QED) is 0.0357. The molecule has 0 saturated carbocycles. The first-order chi connectivity index (χ1) is 28.9. The molecule has 0 radical (unpaired) electrons.